The maximum atomic E-state index is 12.5. The number of oxazole rings is 1. The van der Waals surface area contributed by atoms with Crippen molar-refractivity contribution in [3.8, 4) is 11.3 Å². The maximum Gasteiger partial charge on any atom is 0.308 e. The van der Waals surface area contributed by atoms with E-state index < -0.39 is 12.0 Å². The first kappa shape index (κ1) is 18.7. The van der Waals surface area contributed by atoms with Crippen LogP contribution in [0.15, 0.2) is 71.4 Å². The molecule has 1 amide bonds. The molecule has 2 heterocycles. The van der Waals surface area contributed by atoms with Crippen molar-refractivity contribution in [3.05, 3.63) is 84.0 Å². The number of carbonyl (C=O) groups excluding carboxylic acids is 2. The van der Waals surface area contributed by atoms with Gasteiger partial charge >= 0.3 is 5.97 Å². The Bertz CT molecular complexity index is 1060. The lowest BCUT2D eigenvalue weighted by Gasteiger charge is -2.32. The third kappa shape index (κ3) is 4.11. The minimum atomic E-state index is -0.425. The summed E-state index contributed by atoms with van der Waals surface area (Å²) in [6, 6.07) is 16.9. The summed E-state index contributed by atoms with van der Waals surface area (Å²) in [5, 5.41) is 0. The van der Waals surface area contributed by atoms with Crippen molar-refractivity contribution < 1.29 is 18.7 Å². The van der Waals surface area contributed by atoms with Gasteiger partial charge in [-0.25, -0.2) is 4.98 Å². The fraction of sp³-hybridized carbons (Fsp3) is 0.174. The molecular formula is C23H20N2O4. The van der Waals surface area contributed by atoms with Crippen molar-refractivity contribution >= 4 is 18.0 Å². The largest absolute Gasteiger partial charge is 0.456 e. The molecule has 6 heteroatoms. The number of amides is 1. The molecule has 6 nitrogen and oxygen atoms in total. The third-order valence-electron chi connectivity index (χ3n) is 4.80. The van der Waals surface area contributed by atoms with E-state index in [9.17, 15) is 9.59 Å². The van der Waals surface area contributed by atoms with Crippen LogP contribution in [0.1, 0.15) is 36.4 Å². The third-order valence-corrected chi connectivity index (χ3v) is 4.80. The Balaban J connectivity index is 1.42. The zero-order valence-corrected chi connectivity index (χ0v) is 15.9. The van der Waals surface area contributed by atoms with Crippen LogP contribution in [0.4, 0.5) is 0 Å². The molecule has 4 rings (SSSR count). The number of ether oxygens (including phenoxy) is 1. The van der Waals surface area contributed by atoms with Gasteiger partial charge < -0.3 is 14.1 Å². The number of rotatable bonds is 5. The monoisotopic (exact) mass is 388 g/mol. The van der Waals surface area contributed by atoms with Gasteiger partial charge in [0.1, 0.15) is 0 Å². The summed E-state index contributed by atoms with van der Waals surface area (Å²) in [7, 11) is 0. The molecule has 0 aliphatic carbocycles. The molecule has 29 heavy (non-hydrogen) atoms. The van der Waals surface area contributed by atoms with Crippen LogP contribution in [0.3, 0.4) is 0 Å². The number of carbonyl (C=O) groups is 2. The lowest BCUT2D eigenvalue weighted by molar-refractivity contribution is -0.147. The molecule has 1 aromatic heterocycles. The predicted molar refractivity (Wildman–Crippen MR) is 107 cm³/mol. The topological polar surface area (TPSA) is 72.6 Å². The standard InChI is InChI=1S/C23H20N2O4/c1-16(26)25-12-11-17-7-5-6-10-19(17)20(25)13-23(27)28-15-22-24-14-21(29-22)18-8-3-2-4-9-18/h2-12,14,20H,13,15H2,1H3/t20-/m0/s1. The SMILES string of the molecule is CC(=O)N1C=Cc2ccccc2[C@@H]1CC(=O)OCc1ncc(-c2ccccc2)o1. The van der Waals surface area contributed by atoms with E-state index in [1.54, 1.807) is 17.3 Å². The Kier molecular flexibility index (Phi) is 5.24. The first-order valence-corrected chi connectivity index (χ1v) is 9.33. The second-order valence-electron chi connectivity index (χ2n) is 6.74. The summed E-state index contributed by atoms with van der Waals surface area (Å²) >= 11 is 0. The lowest BCUT2D eigenvalue weighted by Crippen LogP contribution is -2.32. The highest BCUT2D eigenvalue weighted by Gasteiger charge is 2.28. The van der Waals surface area contributed by atoms with Crippen LogP contribution in [0, 0.1) is 0 Å². The normalized spacial score (nSPS) is 15.1. The smallest absolute Gasteiger partial charge is 0.308 e. The van der Waals surface area contributed by atoms with Crippen molar-refractivity contribution in [2.24, 2.45) is 0 Å². The molecular weight excluding hydrogens is 368 g/mol. The molecule has 1 atom stereocenters. The molecule has 0 radical (unpaired) electrons. The fourth-order valence-electron chi connectivity index (χ4n) is 3.39. The highest BCUT2D eigenvalue weighted by Crippen LogP contribution is 2.33. The van der Waals surface area contributed by atoms with Crippen molar-refractivity contribution in [1.82, 2.24) is 9.88 Å². The van der Waals surface area contributed by atoms with Crippen LogP contribution in [0.5, 0.6) is 0 Å². The number of nitrogens with zero attached hydrogens (tertiary/aromatic N) is 2. The number of esters is 1. The van der Waals surface area contributed by atoms with E-state index >= 15 is 0 Å². The van der Waals surface area contributed by atoms with Gasteiger partial charge in [-0.3, -0.25) is 9.59 Å². The van der Waals surface area contributed by atoms with Gasteiger partial charge in [0, 0.05) is 18.7 Å². The van der Waals surface area contributed by atoms with Gasteiger partial charge in [0.15, 0.2) is 12.4 Å². The van der Waals surface area contributed by atoms with Gasteiger partial charge in [0.2, 0.25) is 11.8 Å². The number of benzene rings is 2. The second-order valence-corrected chi connectivity index (χ2v) is 6.74. The predicted octanol–water partition coefficient (Wildman–Crippen LogP) is 4.35. The molecule has 0 spiro atoms. The highest BCUT2D eigenvalue weighted by atomic mass is 16.5. The van der Waals surface area contributed by atoms with Crippen molar-refractivity contribution in [1.29, 1.82) is 0 Å². The molecule has 0 fully saturated rings. The zero-order chi connectivity index (χ0) is 20.2. The van der Waals surface area contributed by atoms with Gasteiger partial charge in [-0.05, 0) is 17.2 Å². The minimum absolute atomic E-state index is 0.0488. The molecule has 2 aromatic carbocycles. The zero-order valence-electron chi connectivity index (χ0n) is 15.9. The number of hydrogen-bond donors (Lipinski definition) is 0. The number of fused-ring (bicyclic) bond motifs is 1. The van der Waals surface area contributed by atoms with Crippen molar-refractivity contribution in [2.75, 3.05) is 0 Å². The van der Waals surface area contributed by atoms with E-state index in [-0.39, 0.29) is 18.9 Å². The van der Waals surface area contributed by atoms with E-state index in [0.717, 1.165) is 16.7 Å². The molecule has 0 saturated heterocycles. The van der Waals surface area contributed by atoms with Crippen LogP contribution >= 0.6 is 0 Å². The average molecular weight is 388 g/mol. The molecule has 0 saturated carbocycles. The van der Waals surface area contributed by atoms with E-state index in [1.807, 2.05) is 60.7 Å². The van der Waals surface area contributed by atoms with Crippen LogP contribution in [0.2, 0.25) is 0 Å². The van der Waals surface area contributed by atoms with Gasteiger partial charge in [-0.15, -0.1) is 0 Å². The van der Waals surface area contributed by atoms with Crippen LogP contribution in [0.25, 0.3) is 17.4 Å². The van der Waals surface area contributed by atoms with Crippen molar-refractivity contribution in [2.45, 2.75) is 26.0 Å². The Morgan fingerprint density at radius 2 is 1.86 bits per heavy atom. The Labute approximate surface area is 168 Å². The lowest BCUT2D eigenvalue weighted by atomic mass is 9.94. The molecule has 1 aliphatic rings. The summed E-state index contributed by atoms with van der Waals surface area (Å²) in [6.07, 6.45) is 5.24. The number of aromatic nitrogens is 1. The summed E-state index contributed by atoms with van der Waals surface area (Å²) in [5.74, 6) is 0.384. The van der Waals surface area contributed by atoms with Crippen LogP contribution in [-0.2, 0) is 20.9 Å². The average Bonchev–Trinajstić information content (AvgIpc) is 3.22. The first-order chi connectivity index (χ1) is 14.1. The molecule has 0 N–H and O–H groups in total. The van der Waals surface area contributed by atoms with E-state index in [1.165, 1.54) is 6.92 Å². The fourth-order valence-corrected chi connectivity index (χ4v) is 3.39. The molecule has 1 aliphatic heterocycles. The molecule has 0 unspecified atom stereocenters. The van der Waals surface area contributed by atoms with Gasteiger partial charge in [0.05, 0.1) is 18.7 Å². The summed E-state index contributed by atoms with van der Waals surface area (Å²) < 4.78 is 11.0. The van der Waals surface area contributed by atoms with Gasteiger partial charge in [0.25, 0.3) is 0 Å². The van der Waals surface area contributed by atoms with Crippen LogP contribution < -0.4 is 0 Å². The van der Waals surface area contributed by atoms with Gasteiger partial charge in [-0.1, -0.05) is 54.6 Å². The summed E-state index contributed by atoms with van der Waals surface area (Å²) in [5.41, 5.74) is 2.81. The van der Waals surface area contributed by atoms with Gasteiger partial charge in [-0.2, -0.15) is 0 Å². The van der Waals surface area contributed by atoms with E-state index in [0.29, 0.717) is 11.7 Å². The summed E-state index contributed by atoms with van der Waals surface area (Å²) in [6.45, 7) is 1.42. The molecule has 3 aromatic rings. The highest BCUT2D eigenvalue weighted by molar-refractivity contribution is 5.80. The minimum Gasteiger partial charge on any atom is -0.456 e. The number of hydrogen-bond acceptors (Lipinski definition) is 5. The molecule has 146 valence electrons. The van der Waals surface area contributed by atoms with E-state index in [4.69, 9.17) is 9.15 Å². The maximum absolute atomic E-state index is 12.5. The Morgan fingerprint density at radius 1 is 1.10 bits per heavy atom. The second kappa shape index (κ2) is 8.14. The quantitative estimate of drug-likeness (QED) is 0.608. The van der Waals surface area contributed by atoms with Crippen molar-refractivity contribution in [3.63, 3.8) is 0 Å². The first-order valence-electron chi connectivity index (χ1n) is 9.33. The Hall–Kier alpha value is -3.67. The Morgan fingerprint density at radius 3 is 2.66 bits per heavy atom. The van der Waals surface area contributed by atoms with E-state index in [2.05, 4.69) is 4.98 Å². The summed E-state index contributed by atoms with van der Waals surface area (Å²) in [4.78, 5) is 30.2. The molecule has 0 bridgehead atoms. The van der Waals surface area contributed by atoms with Crippen LogP contribution in [-0.4, -0.2) is 21.8 Å².